The van der Waals surface area contributed by atoms with Crippen LogP contribution in [0.3, 0.4) is 0 Å². The van der Waals surface area contributed by atoms with E-state index in [0.29, 0.717) is 5.69 Å². The zero-order chi connectivity index (χ0) is 19.7. The van der Waals surface area contributed by atoms with Gasteiger partial charge >= 0.3 is 5.97 Å². The third kappa shape index (κ3) is 3.40. The van der Waals surface area contributed by atoms with Crippen LogP contribution < -0.4 is 0 Å². The normalized spacial score (nSPS) is 10.8. The van der Waals surface area contributed by atoms with E-state index < -0.39 is 5.97 Å². The summed E-state index contributed by atoms with van der Waals surface area (Å²) in [5, 5.41) is 17.4. The zero-order valence-corrected chi connectivity index (χ0v) is 15.5. The van der Waals surface area contributed by atoms with Gasteiger partial charge in [-0.25, -0.2) is 9.48 Å². The van der Waals surface area contributed by atoms with Gasteiger partial charge in [-0.2, -0.15) is 0 Å². The maximum absolute atomic E-state index is 11.0. The highest BCUT2D eigenvalue weighted by atomic mass is 16.4. The van der Waals surface area contributed by atoms with Gasteiger partial charge in [0.2, 0.25) is 0 Å². The molecule has 4 aromatic rings. The number of hydrogen-bond donors (Lipinski definition) is 1. The third-order valence-corrected chi connectivity index (χ3v) is 4.75. The Bertz CT molecular complexity index is 1160. The minimum Gasteiger partial charge on any atom is -0.478 e. The van der Waals surface area contributed by atoms with Crippen LogP contribution in [0.25, 0.3) is 28.1 Å². The van der Waals surface area contributed by atoms with Crippen LogP contribution in [0.5, 0.6) is 0 Å². The molecular weight excluding hydrogens is 352 g/mol. The lowest BCUT2D eigenvalue weighted by atomic mass is 10.0. The van der Waals surface area contributed by atoms with Gasteiger partial charge in [-0.1, -0.05) is 35.5 Å². The number of aromatic nitrogens is 4. The molecule has 2 aromatic heterocycles. The van der Waals surface area contributed by atoms with Crippen LogP contribution in [-0.4, -0.2) is 31.1 Å². The van der Waals surface area contributed by atoms with Crippen molar-refractivity contribution in [1.82, 2.24) is 20.0 Å². The number of carboxylic acid groups (broad SMARTS) is 1. The van der Waals surface area contributed by atoms with Gasteiger partial charge in [-0.15, -0.1) is 5.10 Å². The lowest BCUT2D eigenvalue weighted by Gasteiger charge is -2.07. The Labute approximate surface area is 162 Å². The van der Waals surface area contributed by atoms with Crippen LogP contribution in [-0.2, 0) is 0 Å². The van der Waals surface area contributed by atoms with Crippen molar-refractivity contribution >= 4 is 5.97 Å². The van der Waals surface area contributed by atoms with Gasteiger partial charge in [-0.05, 0) is 48.7 Å². The third-order valence-electron chi connectivity index (χ3n) is 4.75. The molecule has 0 aliphatic rings. The highest BCUT2D eigenvalue weighted by Crippen LogP contribution is 2.24. The van der Waals surface area contributed by atoms with E-state index in [1.54, 1.807) is 41.3 Å². The Kier molecular flexibility index (Phi) is 4.45. The molecule has 0 aliphatic carbocycles. The molecule has 28 heavy (non-hydrogen) atoms. The molecule has 0 unspecified atom stereocenters. The number of carboxylic acids is 1. The van der Waals surface area contributed by atoms with E-state index >= 15 is 0 Å². The van der Waals surface area contributed by atoms with Crippen molar-refractivity contribution in [3.63, 3.8) is 0 Å². The fourth-order valence-corrected chi connectivity index (χ4v) is 2.94. The summed E-state index contributed by atoms with van der Waals surface area (Å²) < 4.78 is 1.66. The van der Waals surface area contributed by atoms with Crippen molar-refractivity contribution in [2.24, 2.45) is 0 Å². The molecule has 6 nitrogen and oxygen atoms in total. The second-order valence-corrected chi connectivity index (χ2v) is 6.66. The van der Waals surface area contributed by atoms with Crippen LogP contribution in [0.2, 0.25) is 0 Å². The van der Waals surface area contributed by atoms with E-state index in [9.17, 15) is 4.79 Å². The predicted molar refractivity (Wildman–Crippen MR) is 106 cm³/mol. The van der Waals surface area contributed by atoms with Crippen LogP contribution in [0.4, 0.5) is 0 Å². The van der Waals surface area contributed by atoms with Gasteiger partial charge in [0, 0.05) is 17.3 Å². The van der Waals surface area contributed by atoms with Gasteiger partial charge in [0.05, 0.1) is 23.6 Å². The van der Waals surface area contributed by atoms with E-state index in [0.717, 1.165) is 22.4 Å². The molecule has 0 fully saturated rings. The predicted octanol–water partition coefficient (Wildman–Crippen LogP) is 4.31. The van der Waals surface area contributed by atoms with Crippen molar-refractivity contribution in [2.45, 2.75) is 13.8 Å². The fourth-order valence-electron chi connectivity index (χ4n) is 2.94. The molecule has 2 heterocycles. The summed E-state index contributed by atoms with van der Waals surface area (Å²) in [6.45, 7) is 4.18. The Morgan fingerprint density at radius 1 is 0.893 bits per heavy atom. The summed E-state index contributed by atoms with van der Waals surface area (Å²) in [6, 6.07) is 14.9. The Hall–Kier alpha value is -3.80. The molecule has 0 saturated carbocycles. The van der Waals surface area contributed by atoms with Crippen LogP contribution in [0.1, 0.15) is 21.5 Å². The van der Waals surface area contributed by atoms with Crippen molar-refractivity contribution in [1.29, 1.82) is 0 Å². The molecule has 0 amide bonds. The van der Waals surface area contributed by atoms with Crippen molar-refractivity contribution < 1.29 is 9.90 Å². The summed E-state index contributed by atoms with van der Waals surface area (Å²) in [5.41, 5.74) is 7.09. The minimum atomic E-state index is -0.954. The summed E-state index contributed by atoms with van der Waals surface area (Å²) in [6.07, 6.45) is 5.36. The number of carbonyl (C=O) groups is 1. The van der Waals surface area contributed by atoms with E-state index in [4.69, 9.17) is 5.11 Å². The van der Waals surface area contributed by atoms with E-state index in [1.165, 1.54) is 11.1 Å². The lowest BCUT2D eigenvalue weighted by Crippen LogP contribution is -1.96. The number of pyridine rings is 1. The molecule has 2 aromatic carbocycles. The molecule has 4 rings (SSSR count). The van der Waals surface area contributed by atoms with E-state index in [-0.39, 0.29) is 5.56 Å². The summed E-state index contributed by atoms with van der Waals surface area (Å²) in [5.74, 6) is -0.954. The second kappa shape index (κ2) is 7.08. The fraction of sp³-hybridized carbons (Fsp3) is 0.0909. The largest absolute Gasteiger partial charge is 0.478 e. The average molecular weight is 370 g/mol. The average Bonchev–Trinajstić information content (AvgIpc) is 3.20. The van der Waals surface area contributed by atoms with Crippen LogP contribution in [0.15, 0.2) is 67.1 Å². The van der Waals surface area contributed by atoms with Gasteiger partial charge < -0.3 is 5.11 Å². The maximum atomic E-state index is 11.0. The lowest BCUT2D eigenvalue weighted by molar-refractivity contribution is 0.0697. The summed E-state index contributed by atoms with van der Waals surface area (Å²) in [4.78, 5) is 15.3. The zero-order valence-electron chi connectivity index (χ0n) is 15.5. The molecule has 1 N–H and O–H groups in total. The summed E-state index contributed by atoms with van der Waals surface area (Å²) >= 11 is 0. The van der Waals surface area contributed by atoms with E-state index in [1.807, 2.05) is 12.3 Å². The van der Waals surface area contributed by atoms with Crippen molar-refractivity contribution in [2.75, 3.05) is 0 Å². The Morgan fingerprint density at radius 2 is 1.64 bits per heavy atom. The molecular formula is C22H18N4O2. The van der Waals surface area contributed by atoms with Crippen molar-refractivity contribution in [3.05, 3.63) is 83.8 Å². The first kappa shape index (κ1) is 17.6. The first-order valence-electron chi connectivity index (χ1n) is 8.80. The second-order valence-electron chi connectivity index (χ2n) is 6.66. The minimum absolute atomic E-state index is 0.237. The standard InChI is InChI=1S/C22H18N4O2/c1-14-3-4-18(9-15(14)2)19-10-20(12-23-11-19)26-13-21(24-25-26)16-5-7-17(8-6-16)22(27)28/h3-13H,1-2H3,(H,27,28). The molecule has 0 aliphatic heterocycles. The monoisotopic (exact) mass is 370 g/mol. The van der Waals surface area contributed by atoms with Gasteiger partial charge in [0.1, 0.15) is 5.69 Å². The van der Waals surface area contributed by atoms with Gasteiger partial charge in [0.15, 0.2) is 0 Å². The molecule has 0 spiro atoms. The molecule has 0 saturated heterocycles. The first-order chi connectivity index (χ1) is 13.5. The summed E-state index contributed by atoms with van der Waals surface area (Å²) in [7, 11) is 0. The molecule has 138 valence electrons. The number of nitrogens with zero attached hydrogens (tertiary/aromatic N) is 4. The number of hydrogen-bond acceptors (Lipinski definition) is 4. The molecule has 6 heteroatoms. The molecule has 0 atom stereocenters. The number of rotatable bonds is 4. The SMILES string of the molecule is Cc1ccc(-c2cncc(-n3cc(-c4ccc(C(=O)O)cc4)nn3)c2)cc1C. The quantitative estimate of drug-likeness (QED) is 0.579. The van der Waals surface area contributed by atoms with Gasteiger partial charge in [0.25, 0.3) is 0 Å². The molecule has 0 radical (unpaired) electrons. The first-order valence-corrected chi connectivity index (χ1v) is 8.80. The Balaban J connectivity index is 1.65. The number of aromatic carboxylic acids is 1. The maximum Gasteiger partial charge on any atom is 0.335 e. The smallest absolute Gasteiger partial charge is 0.335 e. The van der Waals surface area contributed by atoms with Crippen LogP contribution in [0, 0.1) is 13.8 Å². The van der Waals surface area contributed by atoms with Gasteiger partial charge in [-0.3, -0.25) is 4.98 Å². The highest BCUT2D eigenvalue weighted by molar-refractivity contribution is 5.88. The van der Waals surface area contributed by atoms with Crippen LogP contribution >= 0.6 is 0 Å². The number of benzene rings is 2. The highest BCUT2D eigenvalue weighted by Gasteiger charge is 2.09. The Morgan fingerprint density at radius 3 is 2.36 bits per heavy atom. The molecule has 0 bridgehead atoms. The van der Waals surface area contributed by atoms with E-state index in [2.05, 4.69) is 47.3 Å². The van der Waals surface area contributed by atoms with Crippen molar-refractivity contribution in [3.8, 4) is 28.1 Å². The number of aryl methyl sites for hydroxylation is 2. The topological polar surface area (TPSA) is 80.9 Å².